The lowest BCUT2D eigenvalue weighted by Crippen LogP contribution is -2.00. The molecule has 0 saturated heterocycles. The van der Waals surface area contributed by atoms with Crippen molar-refractivity contribution in [3.63, 3.8) is 0 Å². The molecule has 3 aromatic rings. The lowest BCUT2D eigenvalue weighted by molar-refractivity contribution is 0.288. The van der Waals surface area contributed by atoms with E-state index in [2.05, 4.69) is 4.98 Å². The normalized spacial score (nSPS) is 12.3. The number of alkyl halides is 1. The summed E-state index contributed by atoms with van der Waals surface area (Å²) in [6, 6.07) is 17.5. The summed E-state index contributed by atoms with van der Waals surface area (Å²) >= 11 is 6.28. The van der Waals surface area contributed by atoms with Crippen LogP contribution in [0.2, 0.25) is 0 Å². The first-order chi connectivity index (χ1) is 10.3. The maximum absolute atomic E-state index is 6.28. The van der Waals surface area contributed by atoms with Crippen molar-refractivity contribution in [3.05, 3.63) is 71.9 Å². The molecular formula is C17H15ClN2O. The highest BCUT2D eigenvalue weighted by Gasteiger charge is 2.09. The molecule has 0 saturated carbocycles. The first-order valence-corrected chi connectivity index (χ1v) is 7.14. The minimum absolute atomic E-state index is 0.485. The summed E-state index contributed by atoms with van der Waals surface area (Å²) in [6.45, 7) is 0.485. The van der Waals surface area contributed by atoms with Crippen LogP contribution in [0.4, 0.5) is 0 Å². The summed E-state index contributed by atoms with van der Waals surface area (Å²) in [6.07, 6.45) is 1.78. The highest BCUT2D eigenvalue weighted by molar-refractivity contribution is 6.20. The monoisotopic (exact) mass is 298 g/mol. The molecule has 0 fully saturated rings. The van der Waals surface area contributed by atoms with Gasteiger partial charge in [-0.15, -0.1) is 0 Å². The van der Waals surface area contributed by atoms with Crippen LogP contribution >= 0.6 is 11.6 Å². The SMILES string of the molecule is NCc1cnc2cc(OC(Cl)c3ccccc3)ccc2c1. The second kappa shape index (κ2) is 6.12. The first-order valence-electron chi connectivity index (χ1n) is 6.71. The maximum atomic E-state index is 6.28. The second-order valence-electron chi connectivity index (χ2n) is 4.75. The van der Waals surface area contributed by atoms with Crippen LogP contribution in [-0.4, -0.2) is 4.98 Å². The van der Waals surface area contributed by atoms with Crippen LogP contribution < -0.4 is 10.5 Å². The smallest absolute Gasteiger partial charge is 0.197 e. The molecule has 1 atom stereocenters. The molecule has 2 N–H and O–H groups in total. The fourth-order valence-corrected chi connectivity index (χ4v) is 2.37. The van der Waals surface area contributed by atoms with E-state index in [1.165, 1.54) is 0 Å². The number of rotatable bonds is 4. The molecule has 21 heavy (non-hydrogen) atoms. The molecule has 0 radical (unpaired) electrons. The van der Waals surface area contributed by atoms with Crippen molar-refractivity contribution in [2.75, 3.05) is 0 Å². The topological polar surface area (TPSA) is 48.1 Å². The van der Waals surface area contributed by atoms with Crippen LogP contribution in [-0.2, 0) is 6.54 Å². The average Bonchev–Trinajstić information content (AvgIpc) is 2.55. The van der Waals surface area contributed by atoms with Crippen molar-refractivity contribution < 1.29 is 4.74 Å². The lowest BCUT2D eigenvalue weighted by atomic mass is 10.1. The van der Waals surface area contributed by atoms with E-state index in [9.17, 15) is 0 Å². The van der Waals surface area contributed by atoms with Gasteiger partial charge in [-0.05, 0) is 23.8 Å². The van der Waals surface area contributed by atoms with Gasteiger partial charge >= 0.3 is 0 Å². The predicted molar refractivity (Wildman–Crippen MR) is 85.3 cm³/mol. The van der Waals surface area contributed by atoms with E-state index in [1.54, 1.807) is 6.20 Å². The van der Waals surface area contributed by atoms with Gasteiger partial charge in [-0.2, -0.15) is 0 Å². The fraction of sp³-hybridized carbons (Fsp3) is 0.118. The number of halogens is 1. The van der Waals surface area contributed by atoms with Gasteiger partial charge in [-0.1, -0.05) is 41.9 Å². The minimum atomic E-state index is -0.521. The molecule has 3 nitrogen and oxygen atoms in total. The third-order valence-corrected chi connectivity index (χ3v) is 3.59. The van der Waals surface area contributed by atoms with E-state index in [0.717, 1.165) is 22.0 Å². The van der Waals surface area contributed by atoms with Crippen molar-refractivity contribution in [1.29, 1.82) is 0 Å². The fourth-order valence-electron chi connectivity index (χ4n) is 2.12. The Balaban J connectivity index is 1.84. The number of hydrogen-bond acceptors (Lipinski definition) is 3. The van der Waals surface area contributed by atoms with Gasteiger partial charge < -0.3 is 10.5 Å². The molecule has 3 rings (SSSR count). The number of nitrogens with zero attached hydrogens (tertiary/aromatic N) is 1. The molecule has 1 unspecified atom stereocenters. The first kappa shape index (κ1) is 13.9. The standard InChI is InChI=1S/C17H15ClN2O/c18-17(13-4-2-1-3-5-13)21-15-7-6-14-8-12(10-19)11-20-16(14)9-15/h1-9,11,17H,10,19H2. The van der Waals surface area contributed by atoms with E-state index < -0.39 is 5.56 Å². The summed E-state index contributed by atoms with van der Waals surface area (Å²) < 4.78 is 5.77. The van der Waals surface area contributed by atoms with Crippen LogP contribution in [0.15, 0.2) is 60.8 Å². The van der Waals surface area contributed by atoms with Crippen LogP contribution in [0.25, 0.3) is 10.9 Å². The van der Waals surface area contributed by atoms with E-state index in [4.69, 9.17) is 22.1 Å². The van der Waals surface area contributed by atoms with Crippen LogP contribution in [0.3, 0.4) is 0 Å². The Morgan fingerprint density at radius 1 is 1.10 bits per heavy atom. The van der Waals surface area contributed by atoms with Crippen molar-refractivity contribution in [3.8, 4) is 5.75 Å². The lowest BCUT2D eigenvalue weighted by Gasteiger charge is -2.13. The summed E-state index contributed by atoms with van der Waals surface area (Å²) in [5, 5.41) is 1.04. The molecule has 0 spiro atoms. The van der Waals surface area contributed by atoms with Gasteiger partial charge in [0.05, 0.1) is 5.52 Å². The quantitative estimate of drug-likeness (QED) is 0.740. The average molecular weight is 299 g/mol. The van der Waals surface area contributed by atoms with Gasteiger partial charge in [0.1, 0.15) is 5.75 Å². The Labute approximate surface area is 128 Å². The maximum Gasteiger partial charge on any atom is 0.197 e. The van der Waals surface area contributed by atoms with Crippen molar-refractivity contribution in [2.45, 2.75) is 12.1 Å². The molecule has 2 aromatic carbocycles. The molecule has 0 aliphatic carbocycles. The Kier molecular flexibility index (Phi) is 4.04. The second-order valence-corrected chi connectivity index (χ2v) is 5.14. The van der Waals surface area contributed by atoms with Crippen molar-refractivity contribution >= 4 is 22.5 Å². The van der Waals surface area contributed by atoms with Crippen LogP contribution in [0, 0.1) is 0 Å². The molecule has 1 heterocycles. The van der Waals surface area contributed by atoms with Gasteiger partial charge in [0.15, 0.2) is 5.56 Å². The van der Waals surface area contributed by atoms with Crippen molar-refractivity contribution in [1.82, 2.24) is 4.98 Å². The zero-order valence-corrected chi connectivity index (χ0v) is 12.1. The summed E-state index contributed by atoms with van der Waals surface area (Å²) in [7, 11) is 0. The van der Waals surface area contributed by atoms with Crippen LogP contribution in [0.5, 0.6) is 5.75 Å². The summed E-state index contributed by atoms with van der Waals surface area (Å²) in [5.74, 6) is 0.694. The zero-order valence-electron chi connectivity index (χ0n) is 11.4. The Morgan fingerprint density at radius 2 is 1.90 bits per heavy atom. The van der Waals surface area contributed by atoms with Gasteiger partial charge in [-0.3, -0.25) is 4.98 Å². The van der Waals surface area contributed by atoms with Gasteiger partial charge in [0.2, 0.25) is 0 Å². The Morgan fingerprint density at radius 3 is 2.67 bits per heavy atom. The number of fused-ring (bicyclic) bond motifs is 1. The number of aromatic nitrogens is 1. The molecule has 0 aliphatic rings. The molecule has 0 amide bonds. The number of pyridine rings is 1. The molecular weight excluding hydrogens is 284 g/mol. The number of nitrogens with two attached hydrogens (primary N) is 1. The minimum Gasteiger partial charge on any atom is -0.470 e. The number of ether oxygens (including phenoxy) is 1. The number of benzene rings is 2. The van der Waals surface area contributed by atoms with Gasteiger partial charge in [-0.25, -0.2) is 0 Å². The van der Waals surface area contributed by atoms with Crippen LogP contribution in [0.1, 0.15) is 16.7 Å². The third-order valence-electron chi connectivity index (χ3n) is 3.25. The highest BCUT2D eigenvalue weighted by Crippen LogP contribution is 2.27. The Bertz CT molecular complexity index is 746. The zero-order chi connectivity index (χ0) is 14.7. The molecule has 4 heteroatoms. The summed E-state index contributed by atoms with van der Waals surface area (Å²) in [4.78, 5) is 4.39. The van der Waals surface area contributed by atoms with E-state index >= 15 is 0 Å². The third kappa shape index (κ3) is 3.15. The molecule has 0 bridgehead atoms. The molecule has 106 valence electrons. The molecule has 1 aromatic heterocycles. The van der Waals surface area contributed by atoms with E-state index in [1.807, 2.05) is 54.6 Å². The number of hydrogen-bond donors (Lipinski definition) is 1. The highest BCUT2D eigenvalue weighted by atomic mass is 35.5. The van der Waals surface area contributed by atoms with Gasteiger partial charge in [0, 0.05) is 29.8 Å². The predicted octanol–water partition coefficient (Wildman–Crippen LogP) is 4.01. The Hall–Kier alpha value is -2.10. The summed E-state index contributed by atoms with van der Waals surface area (Å²) in [5.41, 5.74) is 7.89. The van der Waals surface area contributed by atoms with Crippen molar-refractivity contribution in [2.24, 2.45) is 5.73 Å². The van der Waals surface area contributed by atoms with E-state index in [-0.39, 0.29) is 0 Å². The van der Waals surface area contributed by atoms with Gasteiger partial charge in [0.25, 0.3) is 0 Å². The largest absolute Gasteiger partial charge is 0.470 e. The van der Waals surface area contributed by atoms with E-state index in [0.29, 0.717) is 12.3 Å². The molecule has 0 aliphatic heterocycles.